The molecule has 1 N–H and O–H groups in total. The lowest BCUT2D eigenvalue weighted by molar-refractivity contribution is 0.392. The standard InChI is InChI=1S/C17H17N3O3S2/c1-3-14-8-11-17(24-14)25(21,22)20-13-6-4-12(5-7-13)15-9-10-16(23-2)19-18-15/h4-11,20H,3H2,1-2H3. The van der Waals surface area contributed by atoms with E-state index < -0.39 is 10.0 Å². The van der Waals surface area contributed by atoms with Gasteiger partial charge in [-0.05, 0) is 36.8 Å². The maximum atomic E-state index is 12.4. The molecule has 0 bridgehead atoms. The molecule has 1 aromatic carbocycles. The number of hydrogen-bond acceptors (Lipinski definition) is 6. The van der Waals surface area contributed by atoms with E-state index in [0.717, 1.165) is 16.9 Å². The van der Waals surface area contributed by atoms with Crippen molar-refractivity contribution < 1.29 is 13.2 Å². The maximum Gasteiger partial charge on any atom is 0.271 e. The number of benzene rings is 1. The van der Waals surface area contributed by atoms with Crippen LogP contribution >= 0.6 is 11.3 Å². The number of ether oxygens (including phenoxy) is 1. The number of nitrogens with one attached hydrogen (secondary N) is 1. The van der Waals surface area contributed by atoms with Crippen LogP contribution in [0.15, 0.2) is 52.7 Å². The van der Waals surface area contributed by atoms with Gasteiger partial charge in [0, 0.05) is 22.2 Å². The predicted molar refractivity (Wildman–Crippen MR) is 98.5 cm³/mol. The SMILES string of the molecule is CCc1ccc(S(=O)(=O)Nc2ccc(-c3ccc(OC)nn3)cc2)s1. The number of sulfonamides is 1. The van der Waals surface area contributed by atoms with Gasteiger partial charge in [0.15, 0.2) is 0 Å². The Balaban J connectivity index is 1.77. The smallest absolute Gasteiger partial charge is 0.271 e. The summed E-state index contributed by atoms with van der Waals surface area (Å²) in [5.41, 5.74) is 2.01. The molecule has 3 rings (SSSR count). The Kier molecular flexibility index (Phi) is 5.00. The highest BCUT2D eigenvalue weighted by molar-refractivity contribution is 7.94. The maximum absolute atomic E-state index is 12.4. The molecule has 0 unspecified atom stereocenters. The zero-order chi connectivity index (χ0) is 17.9. The largest absolute Gasteiger partial charge is 0.480 e. The Morgan fingerprint density at radius 1 is 1.04 bits per heavy atom. The molecule has 130 valence electrons. The van der Waals surface area contributed by atoms with Crippen LogP contribution in [0.1, 0.15) is 11.8 Å². The van der Waals surface area contributed by atoms with Gasteiger partial charge in [0.2, 0.25) is 5.88 Å². The quantitative estimate of drug-likeness (QED) is 0.712. The van der Waals surface area contributed by atoms with Crippen LogP contribution in [0.2, 0.25) is 0 Å². The van der Waals surface area contributed by atoms with Crippen LogP contribution in [0.25, 0.3) is 11.3 Å². The summed E-state index contributed by atoms with van der Waals surface area (Å²) in [6, 6.07) is 14.0. The average molecular weight is 375 g/mol. The summed E-state index contributed by atoms with van der Waals surface area (Å²) >= 11 is 1.28. The Hall–Kier alpha value is -2.45. The molecule has 0 radical (unpaired) electrons. The molecule has 0 fully saturated rings. The normalized spacial score (nSPS) is 11.3. The van der Waals surface area contributed by atoms with Crippen molar-refractivity contribution in [1.29, 1.82) is 0 Å². The van der Waals surface area contributed by atoms with Crippen molar-refractivity contribution in [2.75, 3.05) is 11.8 Å². The van der Waals surface area contributed by atoms with E-state index in [1.807, 2.05) is 13.0 Å². The first-order valence-electron chi connectivity index (χ1n) is 7.61. The van der Waals surface area contributed by atoms with Gasteiger partial charge >= 0.3 is 0 Å². The Labute approximate surface area is 150 Å². The van der Waals surface area contributed by atoms with Crippen LogP contribution in [0.3, 0.4) is 0 Å². The summed E-state index contributed by atoms with van der Waals surface area (Å²) in [7, 11) is -2.04. The van der Waals surface area contributed by atoms with Crippen molar-refractivity contribution in [3.8, 4) is 17.1 Å². The second-order valence-corrected chi connectivity index (χ2v) is 8.30. The van der Waals surface area contributed by atoms with Gasteiger partial charge in [-0.3, -0.25) is 4.72 Å². The highest BCUT2D eigenvalue weighted by Crippen LogP contribution is 2.26. The molecule has 6 nitrogen and oxygen atoms in total. The summed E-state index contributed by atoms with van der Waals surface area (Å²) in [6.07, 6.45) is 0.817. The number of thiophene rings is 1. The third kappa shape index (κ3) is 3.97. The van der Waals surface area contributed by atoms with Crippen molar-refractivity contribution in [2.45, 2.75) is 17.6 Å². The summed E-state index contributed by atoms with van der Waals surface area (Å²) in [4.78, 5) is 1.04. The number of rotatable bonds is 6. The summed E-state index contributed by atoms with van der Waals surface area (Å²) in [5.74, 6) is 0.440. The second kappa shape index (κ2) is 7.20. The van der Waals surface area contributed by atoms with Crippen LogP contribution in [0.5, 0.6) is 5.88 Å². The van der Waals surface area contributed by atoms with Crippen LogP contribution < -0.4 is 9.46 Å². The lowest BCUT2D eigenvalue weighted by Crippen LogP contribution is -2.11. The number of anilines is 1. The number of methoxy groups -OCH3 is 1. The molecule has 0 spiro atoms. The first-order chi connectivity index (χ1) is 12.0. The number of nitrogens with zero attached hydrogens (tertiary/aromatic N) is 2. The van der Waals surface area contributed by atoms with Crippen LogP contribution in [0.4, 0.5) is 5.69 Å². The number of aromatic nitrogens is 2. The van der Waals surface area contributed by atoms with E-state index in [9.17, 15) is 8.42 Å². The summed E-state index contributed by atoms with van der Waals surface area (Å²) in [6.45, 7) is 2.00. The molecule has 0 saturated heterocycles. The zero-order valence-corrected chi connectivity index (χ0v) is 15.4. The molecule has 0 amide bonds. The minimum atomic E-state index is -3.57. The lowest BCUT2D eigenvalue weighted by atomic mass is 10.1. The predicted octanol–water partition coefficient (Wildman–Crippen LogP) is 3.58. The topological polar surface area (TPSA) is 81.2 Å². The van der Waals surface area contributed by atoms with E-state index in [2.05, 4.69) is 14.9 Å². The van der Waals surface area contributed by atoms with E-state index in [-0.39, 0.29) is 0 Å². The molecule has 0 saturated carbocycles. The third-order valence-electron chi connectivity index (χ3n) is 3.53. The molecule has 8 heteroatoms. The minimum Gasteiger partial charge on any atom is -0.480 e. The molecule has 3 aromatic rings. The first-order valence-corrected chi connectivity index (χ1v) is 9.91. The Bertz CT molecular complexity index is 950. The van der Waals surface area contributed by atoms with Crippen molar-refractivity contribution >= 4 is 27.0 Å². The van der Waals surface area contributed by atoms with Crippen molar-refractivity contribution in [1.82, 2.24) is 10.2 Å². The van der Waals surface area contributed by atoms with Gasteiger partial charge in [-0.15, -0.1) is 21.5 Å². The molecule has 0 aliphatic carbocycles. The summed E-state index contributed by atoms with van der Waals surface area (Å²) < 4.78 is 32.7. The van der Waals surface area contributed by atoms with Gasteiger partial charge in [-0.25, -0.2) is 8.42 Å². The molecule has 2 aromatic heterocycles. The van der Waals surface area contributed by atoms with Gasteiger partial charge in [-0.1, -0.05) is 19.1 Å². The highest BCUT2D eigenvalue weighted by Gasteiger charge is 2.16. The number of hydrogen-bond donors (Lipinski definition) is 1. The number of aryl methyl sites for hydroxylation is 1. The Morgan fingerprint density at radius 2 is 1.80 bits per heavy atom. The molecular weight excluding hydrogens is 358 g/mol. The van der Waals surface area contributed by atoms with Crippen molar-refractivity contribution in [3.05, 3.63) is 53.4 Å². The van der Waals surface area contributed by atoms with E-state index in [0.29, 0.717) is 21.5 Å². The molecular formula is C17H17N3O3S2. The zero-order valence-electron chi connectivity index (χ0n) is 13.8. The fourth-order valence-corrected chi connectivity index (χ4v) is 4.54. The lowest BCUT2D eigenvalue weighted by Gasteiger charge is -2.07. The molecule has 0 atom stereocenters. The van der Waals surface area contributed by atoms with Gasteiger partial charge in [-0.2, -0.15) is 0 Å². The summed E-state index contributed by atoms with van der Waals surface area (Å²) in [5, 5.41) is 7.99. The van der Waals surface area contributed by atoms with Crippen LogP contribution in [0, 0.1) is 0 Å². The average Bonchev–Trinajstić information content (AvgIpc) is 3.12. The van der Waals surface area contributed by atoms with E-state index in [1.165, 1.54) is 18.4 Å². The van der Waals surface area contributed by atoms with Crippen LogP contribution in [-0.4, -0.2) is 25.7 Å². The van der Waals surface area contributed by atoms with E-state index in [1.54, 1.807) is 42.5 Å². The minimum absolute atomic E-state index is 0.314. The van der Waals surface area contributed by atoms with E-state index in [4.69, 9.17) is 4.74 Å². The van der Waals surface area contributed by atoms with Crippen molar-refractivity contribution in [2.24, 2.45) is 0 Å². The highest BCUT2D eigenvalue weighted by atomic mass is 32.2. The van der Waals surface area contributed by atoms with Crippen LogP contribution in [-0.2, 0) is 16.4 Å². The fraction of sp³-hybridized carbons (Fsp3) is 0.176. The monoisotopic (exact) mass is 375 g/mol. The third-order valence-corrected chi connectivity index (χ3v) is 6.64. The molecule has 0 aliphatic rings. The van der Waals surface area contributed by atoms with Gasteiger partial charge in [0.25, 0.3) is 10.0 Å². The van der Waals surface area contributed by atoms with E-state index >= 15 is 0 Å². The molecule has 25 heavy (non-hydrogen) atoms. The Morgan fingerprint density at radius 3 is 2.36 bits per heavy atom. The fourth-order valence-electron chi connectivity index (χ4n) is 2.19. The molecule has 0 aliphatic heterocycles. The van der Waals surface area contributed by atoms with Crippen molar-refractivity contribution in [3.63, 3.8) is 0 Å². The molecule has 2 heterocycles. The van der Waals surface area contributed by atoms with Gasteiger partial charge in [0.05, 0.1) is 12.8 Å². The van der Waals surface area contributed by atoms with Gasteiger partial charge in [0.1, 0.15) is 4.21 Å². The second-order valence-electron chi connectivity index (χ2n) is 5.22. The first kappa shape index (κ1) is 17.4. The van der Waals surface area contributed by atoms with Gasteiger partial charge < -0.3 is 4.74 Å².